The lowest BCUT2D eigenvalue weighted by atomic mass is 10.0. The normalized spacial score (nSPS) is 12.4. The molecule has 28 heavy (non-hydrogen) atoms. The molecule has 0 saturated heterocycles. The molecule has 4 aromatic rings. The molecule has 2 aromatic carbocycles. The highest BCUT2D eigenvalue weighted by atomic mass is 32.2. The summed E-state index contributed by atoms with van der Waals surface area (Å²) in [7, 11) is 0. The molecule has 0 aliphatic rings. The van der Waals surface area contributed by atoms with Crippen LogP contribution in [0.2, 0.25) is 0 Å². The van der Waals surface area contributed by atoms with Crippen molar-refractivity contribution in [3.05, 3.63) is 64.8 Å². The smallest absolute Gasteiger partial charge is 0.230 e. The third-order valence-corrected chi connectivity index (χ3v) is 7.03. The standard InChI is InChI=1S/C22H21N3OS2/c1-13-15(3)28-22-20(13)21(23-12-24-22)27-11-19(26)25-14(2)17-9-8-16-6-4-5-7-18(16)10-17/h4-10,12,14H,11H2,1-3H3,(H,25,26). The van der Waals surface area contributed by atoms with Crippen LogP contribution >= 0.6 is 23.1 Å². The number of carbonyl (C=O) groups is 1. The summed E-state index contributed by atoms with van der Waals surface area (Å²) in [5.74, 6) is 0.334. The Kier molecular flexibility index (Phi) is 5.33. The minimum Gasteiger partial charge on any atom is -0.349 e. The molecule has 4 rings (SSSR count). The van der Waals surface area contributed by atoms with Crippen molar-refractivity contribution >= 4 is 50.0 Å². The van der Waals surface area contributed by atoms with E-state index in [1.807, 2.05) is 19.1 Å². The number of nitrogens with one attached hydrogen (secondary N) is 1. The molecule has 2 heterocycles. The monoisotopic (exact) mass is 407 g/mol. The van der Waals surface area contributed by atoms with E-state index in [9.17, 15) is 4.79 Å². The van der Waals surface area contributed by atoms with Crippen molar-refractivity contribution in [2.75, 3.05) is 5.75 Å². The maximum absolute atomic E-state index is 12.5. The minimum absolute atomic E-state index is 0.00188. The van der Waals surface area contributed by atoms with Crippen molar-refractivity contribution in [3.63, 3.8) is 0 Å². The van der Waals surface area contributed by atoms with E-state index in [1.165, 1.54) is 33.0 Å². The number of thiophene rings is 1. The highest BCUT2D eigenvalue weighted by Crippen LogP contribution is 2.34. The zero-order valence-corrected chi connectivity index (χ0v) is 17.7. The number of hydrogen-bond donors (Lipinski definition) is 1. The van der Waals surface area contributed by atoms with Gasteiger partial charge in [-0.3, -0.25) is 4.79 Å². The second-order valence-corrected chi connectivity index (χ2v) is 8.99. The van der Waals surface area contributed by atoms with E-state index in [0.717, 1.165) is 20.8 Å². The van der Waals surface area contributed by atoms with Gasteiger partial charge in [0.2, 0.25) is 5.91 Å². The number of thioether (sulfide) groups is 1. The van der Waals surface area contributed by atoms with Gasteiger partial charge < -0.3 is 5.32 Å². The number of aromatic nitrogens is 2. The van der Waals surface area contributed by atoms with Gasteiger partial charge in [0.05, 0.1) is 11.8 Å². The number of nitrogens with zero attached hydrogens (tertiary/aromatic N) is 2. The van der Waals surface area contributed by atoms with Crippen LogP contribution in [0.5, 0.6) is 0 Å². The van der Waals surface area contributed by atoms with Gasteiger partial charge >= 0.3 is 0 Å². The van der Waals surface area contributed by atoms with Crippen LogP contribution in [0.4, 0.5) is 0 Å². The molecule has 4 nitrogen and oxygen atoms in total. The van der Waals surface area contributed by atoms with Crippen molar-refractivity contribution in [3.8, 4) is 0 Å². The lowest BCUT2D eigenvalue weighted by Gasteiger charge is -2.15. The summed E-state index contributed by atoms with van der Waals surface area (Å²) >= 11 is 3.14. The quantitative estimate of drug-likeness (QED) is 0.354. The molecule has 1 unspecified atom stereocenters. The maximum atomic E-state index is 12.5. The minimum atomic E-state index is -0.0479. The Morgan fingerprint density at radius 1 is 1.14 bits per heavy atom. The fraction of sp³-hybridized carbons (Fsp3) is 0.227. The number of carbonyl (C=O) groups excluding carboxylic acids is 1. The van der Waals surface area contributed by atoms with E-state index >= 15 is 0 Å². The van der Waals surface area contributed by atoms with Gasteiger partial charge in [0.1, 0.15) is 16.2 Å². The molecule has 0 aliphatic carbocycles. The largest absolute Gasteiger partial charge is 0.349 e. The van der Waals surface area contributed by atoms with Crippen molar-refractivity contribution in [2.24, 2.45) is 0 Å². The molecule has 142 valence electrons. The van der Waals surface area contributed by atoms with Crippen LogP contribution in [0.1, 0.15) is 29.0 Å². The first-order valence-corrected chi connectivity index (χ1v) is 10.9. The third-order valence-electron chi connectivity index (χ3n) is 4.92. The fourth-order valence-electron chi connectivity index (χ4n) is 3.24. The number of benzene rings is 2. The summed E-state index contributed by atoms with van der Waals surface area (Å²) in [5, 5.41) is 7.43. The summed E-state index contributed by atoms with van der Waals surface area (Å²) < 4.78 is 0. The second-order valence-electron chi connectivity index (χ2n) is 6.83. The van der Waals surface area contributed by atoms with Crippen LogP contribution in [0.15, 0.2) is 53.8 Å². The van der Waals surface area contributed by atoms with E-state index in [-0.39, 0.29) is 11.9 Å². The zero-order chi connectivity index (χ0) is 19.7. The predicted molar refractivity (Wildman–Crippen MR) is 118 cm³/mol. The van der Waals surface area contributed by atoms with Gasteiger partial charge in [0, 0.05) is 10.3 Å². The van der Waals surface area contributed by atoms with Gasteiger partial charge in [0.25, 0.3) is 0 Å². The summed E-state index contributed by atoms with van der Waals surface area (Å²) in [4.78, 5) is 23.5. The number of hydrogen-bond acceptors (Lipinski definition) is 5. The van der Waals surface area contributed by atoms with Crippen molar-refractivity contribution in [1.29, 1.82) is 0 Å². The Balaban J connectivity index is 1.44. The van der Waals surface area contributed by atoms with Gasteiger partial charge in [-0.2, -0.15) is 0 Å². The van der Waals surface area contributed by atoms with Crippen LogP contribution in [-0.4, -0.2) is 21.6 Å². The molecule has 6 heteroatoms. The summed E-state index contributed by atoms with van der Waals surface area (Å²) in [5.41, 5.74) is 2.30. The molecule has 0 saturated carbocycles. The highest BCUT2D eigenvalue weighted by Gasteiger charge is 2.15. The molecule has 0 bridgehead atoms. The Hall–Kier alpha value is -2.44. The zero-order valence-electron chi connectivity index (χ0n) is 16.0. The molecule has 1 amide bonds. The van der Waals surface area contributed by atoms with Gasteiger partial charge in [-0.15, -0.1) is 11.3 Å². The average Bonchev–Trinajstić information content (AvgIpc) is 3.00. The number of rotatable bonds is 5. The third kappa shape index (κ3) is 3.75. The Morgan fingerprint density at radius 2 is 1.93 bits per heavy atom. The average molecular weight is 408 g/mol. The lowest BCUT2D eigenvalue weighted by molar-refractivity contribution is -0.119. The highest BCUT2D eigenvalue weighted by molar-refractivity contribution is 8.00. The molecule has 1 atom stereocenters. The van der Waals surface area contributed by atoms with Crippen molar-refractivity contribution < 1.29 is 4.79 Å². The molecule has 1 N–H and O–H groups in total. The van der Waals surface area contributed by atoms with Crippen molar-refractivity contribution in [1.82, 2.24) is 15.3 Å². The van der Waals surface area contributed by atoms with Gasteiger partial charge in [-0.25, -0.2) is 9.97 Å². The molecular weight excluding hydrogens is 386 g/mol. The van der Waals surface area contributed by atoms with Gasteiger partial charge in [-0.05, 0) is 48.7 Å². The second kappa shape index (κ2) is 7.89. The van der Waals surface area contributed by atoms with Crippen LogP contribution in [-0.2, 0) is 4.79 Å². The summed E-state index contributed by atoms with van der Waals surface area (Å²) in [6.45, 7) is 6.19. The van der Waals surface area contributed by atoms with E-state index < -0.39 is 0 Å². The molecular formula is C22H21N3OS2. The Bertz CT molecular complexity index is 1170. The van der Waals surface area contributed by atoms with Gasteiger partial charge in [0.15, 0.2) is 0 Å². The van der Waals surface area contributed by atoms with Crippen LogP contribution in [0.25, 0.3) is 21.0 Å². The number of aryl methyl sites for hydroxylation is 2. The van der Waals surface area contributed by atoms with E-state index in [0.29, 0.717) is 5.75 Å². The molecule has 2 aromatic heterocycles. The molecule has 0 radical (unpaired) electrons. The summed E-state index contributed by atoms with van der Waals surface area (Å²) in [6, 6.07) is 14.5. The predicted octanol–water partition coefficient (Wildman–Crippen LogP) is 5.43. The first-order valence-electron chi connectivity index (χ1n) is 9.14. The van der Waals surface area contributed by atoms with Crippen LogP contribution in [0, 0.1) is 13.8 Å². The van der Waals surface area contributed by atoms with Crippen molar-refractivity contribution in [2.45, 2.75) is 31.8 Å². The van der Waals surface area contributed by atoms with Gasteiger partial charge in [-0.1, -0.05) is 48.2 Å². The van der Waals surface area contributed by atoms with E-state index in [2.05, 4.69) is 59.5 Å². The maximum Gasteiger partial charge on any atom is 0.230 e. The molecule has 0 fully saturated rings. The molecule has 0 aliphatic heterocycles. The van der Waals surface area contributed by atoms with Crippen LogP contribution < -0.4 is 5.32 Å². The number of fused-ring (bicyclic) bond motifs is 2. The van der Waals surface area contributed by atoms with E-state index in [1.54, 1.807) is 17.7 Å². The Labute approximate surface area is 172 Å². The SMILES string of the molecule is Cc1sc2ncnc(SCC(=O)NC(C)c3ccc4ccccc4c3)c2c1C. The van der Waals surface area contributed by atoms with E-state index in [4.69, 9.17) is 0 Å². The topological polar surface area (TPSA) is 54.9 Å². The Morgan fingerprint density at radius 3 is 2.75 bits per heavy atom. The number of amides is 1. The first kappa shape index (κ1) is 18.9. The lowest BCUT2D eigenvalue weighted by Crippen LogP contribution is -2.28. The summed E-state index contributed by atoms with van der Waals surface area (Å²) in [6.07, 6.45) is 1.58. The fourth-order valence-corrected chi connectivity index (χ4v) is 5.17. The molecule has 0 spiro atoms. The van der Waals surface area contributed by atoms with Crippen LogP contribution in [0.3, 0.4) is 0 Å². The first-order chi connectivity index (χ1) is 13.5.